The topological polar surface area (TPSA) is 97.0 Å². The maximum absolute atomic E-state index is 14.0. The Morgan fingerprint density at radius 2 is 1.76 bits per heavy atom. The van der Waals surface area contributed by atoms with Gasteiger partial charge in [0.15, 0.2) is 0 Å². The number of likely N-dealkylation sites (tertiary alicyclic amines) is 1. The smallest absolute Gasteiger partial charge is 0.410 e. The number of nitrogens with zero attached hydrogens (tertiary/aromatic N) is 1. The first-order valence-electron chi connectivity index (χ1n) is 12.6. The van der Waals surface area contributed by atoms with Crippen molar-refractivity contribution in [2.24, 2.45) is 11.8 Å². The largest absolute Gasteiger partial charge is 0.486 e. The van der Waals surface area contributed by atoms with Gasteiger partial charge in [0.05, 0.1) is 11.5 Å². The van der Waals surface area contributed by atoms with Gasteiger partial charge in [0.1, 0.15) is 24.1 Å². The van der Waals surface area contributed by atoms with Gasteiger partial charge in [0, 0.05) is 49.1 Å². The van der Waals surface area contributed by atoms with Crippen molar-refractivity contribution < 1.29 is 28.2 Å². The maximum Gasteiger partial charge on any atom is 0.410 e. The van der Waals surface area contributed by atoms with Gasteiger partial charge in [-0.25, -0.2) is 9.18 Å². The fourth-order valence-corrected chi connectivity index (χ4v) is 5.49. The number of hydrogen-bond acceptors (Lipinski definition) is 5. The van der Waals surface area contributed by atoms with Gasteiger partial charge in [0.25, 0.3) is 11.8 Å². The van der Waals surface area contributed by atoms with Crippen LogP contribution in [0.1, 0.15) is 58.5 Å². The molecule has 196 valence electrons. The van der Waals surface area contributed by atoms with Crippen LogP contribution in [0.3, 0.4) is 0 Å². The Balaban J connectivity index is 1.36. The summed E-state index contributed by atoms with van der Waals surface area (Å²) in [4.78, 5) is 40.1. The van der Waals surface area contributed by atoms with Crippen molar-refractivity contribution >= 4 is 17.9 Å². The van der Waals surface area contributed by atoms with E-state index in [2.05, 4.69) is 10.6 Å². The standard InChI is InChI=1S/C28H32FN3O5/c1-28(2,3)37-27(35)32-13-19-20(14-32)23(19)31-25(33)16-10-17-22(15-8-6-5-7-9-15)21(12-29)36-24(17)18(11-16)26(34)30-4/h5-11,19-23H,12-14H2,1-4H3,(H,30,34)(H,31,33)/t19-,20+,21-,22+,23+/m1/s1. The quantitative estimate of drug-likeness (QED) is 0.643. The molecule has 0 radical (unpaired) electrons. The molecule has 2 aromatic rings. The number of carbonyl (C=O) groups excluding carboxylic acids is 3. The van der Waals surface area contributed by atoms with Crippen LogP contribution in [0.2, 0.25) is 0 Å². The van der Waals surface area contributed by atoms with Crippen LogP contribution in [0.15, 0.2) is 42.5 Å². The Hall–Kier alpha value is -3.62. The lowest BCUT2D eigenvalue weighted by Crippen LogP contribution is -2.40. The lowest BCUT2D eigenvalue weighted by Gasteiger charge is -2.26. The average molecular weight is 510 g/mol. The monoisotopic (exact) mass is 509 g/mol. The fraction of sp³-hybridized carbons (Fsp3) is 0.464. The number of halogens is 1. The molecule has 0 aromatic heterocycles. The Labute approximate surface area is 215 Å². The highest BCUT2D eigenvalue weighted by molar-refractivity contribution is 6.02. The van der Waals surface area contributed by atoms with Gasteiger partial charge < -0.3 is 25.0 Å². The van der Waals surface area contributed by atoms with E-state index in [4.69, 9.17) is 9.47 Å². The van der Waals surface area contributed by atoms with E-state index in [1.807, 2.05) is 51.1 Å². The molecule has 8 nitrogen and oxygen atoms in total. The molecule has 2 fully saturated rings. The van der Waals surface area contributed by atoms with Crippen LogP contribution in [-0.2, 0) is 4.74 Å². The Bertz CT molecular complexity index is 1220. The summed E-state index contributed by atoms with van der Waals surface area (Å²) in [7, 11) is 1.50. The van der Waals surface area contributed by atoms with Crippen LogP contribution in [0.25, 0.3) is 0 Å². The summed E-state index contributed by atoms with van der Waals surface area (Å²) in [5.41, 5.74) is 1.43. The molecule has 2 N–H and O–H groups in total. The van der Waals surface area contributed by atoms with Crippen molar-refractivity contribution in [2.75, 3.05) is 26.8 Å². The van der Waals surface area contributed by atoms with Crippen molar-refractivity contribution in [3.63, 3.8) is 0 Å². The second kappa shape index (κ2) is 9.36. The van der Waals surface area contributed by atoms with Crippen molar-refractivity contribution in [1.29, 1.82) is 0 Å². The van der Waals surface area contributed by atoms with Gasteiger partial charge in [-0.15, -0.1) is 0 Å². The summed E-state index contributed by atoms with van der Waals surface area (Å²) in [6, 6.07) is 12.5. The molecule has 3 aliphatic rings. The molecule has 9 heteroatoms. The third kappa shape index (κ3) is 4.74. The number of alkyl halides is 1. The van der Waals surface area contributed by atoms with Crippen LogP contribution in [0.4, 0.5) is 9.18 Å². The molecule has 1 saturated carbocycles. The number of ether oxygens (including phenoxy) is 2. The second-order valence-electron chi connectivity index (χ2n) is 10.9. The maximum atomic E-state index is 14.0. The van der Waals surface area contributed by atoms with Gasteiger partial charge in [0.2, 0.25) is 0 Å². The molecular formula is C28H32FN3O5. The predicted molar refractivity (Wildman–Crippen MR) is 135 cm³/mol. The van der Waals surface area contributed by atoms with E-state index in [1.54, 1.807) is 11.0 Å². The molecule has 2 heterocycles. The summed E-state index contributed by atoms with van der Waals surface area (Å²) in [6.45, 7) is 5.82. The van der Waals surface area contributed by atoms with Crippen LogP contribution >= 0.6 is 0 Å². The minimum atomic E-state index is -0.791. The summed E-state index contributed by atoms with van der Waals surface area (Å²) in [6.07, 6.45) is -1.13. The molecule has 0 unspecified atom stereocenters. The molecule has 1 aliphatic carbocycles. The minimum Gasteiger partial charge on any atom is -0.486 e. The van der Waals surface area contributed by atoms with Gasteiger partial charge in [-0.3, -0.25) is 9.59 Å². The van der Waals surface area contributed by atoms with Crippen LogP contribution in [0.5, 0.6) is 5.75 Å². The van der Waals surface area contributed by atoms with E-state index in [0.29, 0.717) is 30.0 Å². The minimum absolute atomic E-state index is 0.0531. The Morgan fingerprint density at radius 3 is 2.35 bits per heavy atom. The molecule has 0 spiro atoms. The summed E-state index contributed by atoms with van der Waals surface area (Å²) in [5.74, 6) is -0.523. The van der Waals surface area contributed by atoms with E-state index >= 15 is 0 Å². The number of carbonyl (C=O) groups is 3. The molecule has 5 atom stereocenters. The van der Waals surface area contributed by atoms with Crippen LogP contribution in [-0.4, -0.2) is 67.4 Å². The number of fused-ring (bicyclic) bond motifs is 2. The summed E-state index contributed by atoms with van der Waals surface area (Å²) < 4.78 is 25.4. The van der Waals surface area contributed by atoms with E-state index in [9.17, 15) is 18.8 Å². The van der Waals surface area contributed by atoms with Gasteiger partial charge in [-0.2, -0.15) is 0 Å². The van der Waals surface area contributed by atoms with Crippen molar-refractivity contribution in [3.8, 4) is 5.75 Å². The normalized spacial score (nSPS) is 25.5. The van der Waals surface area contributed by atoms with Crippen LogP contribution in [0, 0.1) is 11.8 Å². The highest BCUT2D eigenvalue weighted by atomic mass is 19.1. The van der Waals surface area contributed by atoms with Crippen LogP contribution < -0.4 is 15.4 Å². The zero-order valence-electron chi connectivity index (χ0n) is 21.4. The zero-order chi connectivity index (χ0) is 26.5. The van der Waals surface area contributed by atoms with E-state index in [0.717, 1.165) is 5.56 Å². The van der Waals surface area contributed by atoms with Crippen molar-refractivity contribution in [3.05, 3.63) is 64.7 Å². The van der Waals surface area contributed by atoms with Crippen molar-refractivity contribution in [1.82, 2.24) is 15.5 Å². The molecular weight excluding hydrogens is 477 g/mol. The fourth-order valence-electron chi connectivity index (χ4n) is 5.49. The number of nitrogens with one attached hydrogen (secondary N) is 2. The first-order valence-corrected chi connectivity index (χ1v) is 12.6. The van der Waals surface area contributed by atoms with Crippen molar-refractivity contribution in [2.45, 2.75) is 44.4 Å². The number of benzene rings is 2. The van der Waals surface area contributed by atoms with E-state index < -0.39 is 30.2 Å². The number of piperidine rings is 1. The molecule has 0 bridgehead atoms. The number of rotatable bonds is 5. The first-order chi connectivity index (χ1) is 17.6. The highest BCUT2D eigenvalue weighted by Gasteiger charge is 2.58. The van der Waals surface area contributed by atoms with Gasteiger partial charge in [-0.05, 0) is 38.5 Å². The van der Waals surface area contributed by atoms with Gasteiger partial charge >= 0.3 is 6.09 Å². The number of amides is 3. The third-order valence-corrected chi connectivity index (χ3v) is 7.28. The lowest BCUT2D eigenvalue weighted by atomic mass is 9.86. The lowest BCUT2D eigenvalue weighted by molar-refractivity contribution is 0.0269. The molecule has 37 heavy (non-hydrogen) atoms. The molecule has 3 amide bonds. The Morgan fingerprint density at radius 1 is 1.08 bits per heavy atom. The van der Waals surface area contributed by atoms with E-state index in [-0.39, 0.29) is 35.4 Å². The molecule has 5 rings (SSSR count). The predicted octanol–water partition coefficient (Wildman–Crippen LogP) is 3.50. The Kier molecular flexibility index (Phi) is 6.33. The third-order valence-electron chi connectivity index (χ3n) is 7.28. The average Bonchev–Trinajstić information content (AvgIpc) is 3.21. The zero-order valence-corrected chi connectivity index (χ0v) is 21.4. The first kappa shape index (κ1) is 25.0. The molecule has 2 aromatic carbocycles. The summed E-state index contributed by atoms with van der Waals surface area (Å²) >= 11 is 0. The number of hydrogen-bond donors (Lipinski definition) is 2. The van der Waals surface area contributed by atoms with Gasteiger partial charge in [-0.1, -0.05) is 30.3 Å². The summed E-state index contributed by atoms with van der Waals surface area (Å²) in [5, 5.41) is 5.66. The SMILES string of the molecule is CNC(=O)c1cc(C(=O)N[C@H]2[C@@H]3CN(C(=O)OC(C)(C)C)C[C@@H]32)cc2c1O[C@H](CF)[C@H]2c1ccccc1. The second-order valence-corrected chi connectivity index (χ2v) is 10.9. The molecule has 2 aliphatic heterocycles. The van der Waals surface area contributed by atoms with E-state index in [1.165, 1.54) is 13.1 Å². The highest BCUT2D eigenvalue weighted by Crippen LogP contribution is 2.47. The molecule has 1 saturated heterocycles.